The van der Waals surface area contributed by atoms with Crippen LogP contribution >= 0.6 is 0 Å². The summed E-state index contributed by atoms with van der Waals surface area (Å²) in [6.45, 7) is 4.25. The van der Waals surface area contributed by atoms with Gasteiger partial charge in [0.2, 0.25) is 0 Å². The van der Waals surface area contributed by atoms with Gasteiger partial charge >= 0.3 is 5.97 Å². The van der Waals surface area contributed by atoms with E-state index in [0.29, 0.717) is 11.6 Å². The van der Waals surface area contributed by atoms with Gasteiger partial charge in [0.1, 0.15) is 0 Å². The molecule has 1 atom stereocenters. The molecule has 1 unspecified atom stereocenters. The van der Waals surface area contributed by atoms with Crippen LogP contribution in [0.1, 0.15) is 55.1 Å². The molecule has 0 aliphatic heterocycles. The number of ether oxygens (including phenoxy) is 1. The van der Waals surface area contributed by atoms with Crippen LogP contribution in [0.25, 0.3) is 0 Å². The highest BCUT2D eigenvalue weighted by molar-refractivity contribution is 5.88. The molecule has 0 N–H and O–H groups in total. The van der Waals surface area contributed by atoms with Crippen molar-refractivity contribution < 1.29 is 9.53 Å². The maximum Gasteiger partial charge on any atom is 0.358 e. The third kappa shape index (κ3) is 2.78. The number of methoxy groups -OCH3 is 1. The van der Waals surface area contributed by atoms with E-state index in [1.165, 1.54) is 7.11 Å². The molecule has 1 heterocycles. The fourth-order valence-electron chi connectivity index (χ4n) is 1.85. The molecule has 0 aliphatic carbocycles. The average molecular weight is 222 g/mol. The van der Waals surface area contributed by atoms with Gasteiger partial charge in [-0.15, -0.1) is 5.10 Å². The van der Waals surface area contributed by atoms with Crippen LogP contribution in [0.15, 0.2) is 12.3 Å². The second-order valence-electron chi connectivity index (χ2n) is 3.72. The molecule has 0 spiro atoms. The Morgan fingerprint density at radius 1 is 1.50 bits per heavy atom. The number of carbonyl (C=O) groups is 1. The Balaban J connectivity index is 3.05. The number of hydrogen-bond acceptors (Lipinski definition) is 4. The van der Waals surface area contributed by atoms with E-state index in [0.717, 1.165) is 24.8 Å². The predicted octanol–water partition coefficient (Wildman–Crippen LogP) is 2.56. The van der Waals surface area contributed by atoms with Crippen LogP contribution in [0.3, 0.4) is 0 Å². The predicted molar refractivity (Wildman–Crippen MR) is 61.3 cm³/mol. The van der Waals surface area contributed by atoms with Crippen molar-refractivity contribution in [1.82, 2.24) is 10.2 Å². The van der Waals surface area contributed by atoms with Gasteiger partial charge < -0.3 is 4.74 Å². The second kappa shape index (κ2) is 6.20. The lowest BCUT2D eigenvalue weighted by molar-refractivity contribution is 0.0590. The summed E-state index contributed by atoms with van der Waals surface area (Å²) in [6.07, 6.45) is 4.75. The van der Waals surface area contributed by atoms with E-state index in [1.807, 2.05) is 6.07 Å². The third-order valence-electron chi connectivity index (χ3n) is 2.70. The maximum absolute atomic E-state index is 11.5. The van der Waals surface area contributed by atoms with Crippen LogP contribution < -0.4 is 0 Å². The lowest BCUT2D eigenvalue weighted by Crippen LogP contribution is -2.12. The molecule has 4 nitrogen and oxygen atoms in total. The van der Waals surface area contributed by atoms with Crippen LogP contribution in [0.5, 0.6) is 0 Å². The molecular formula is C12H18N2O2. The van der Waals surface area contributed by atoms with Crippen molar-refractivity contribution in [3.05, 3.63) is 23.5 Å². The van der Waals surface area contributed by atoms with E-state index in [-0.39, 0.29) is 0 Å². The Kier molecular flexibility index (Phi) is 4.89. The van der Waals surface area contributed by atoms with Crippen LogP contribution in [-0.4, -0.2) is 23.3 Å². The van der Waals surface area contributed by atoms with Gasteiger partial charge in [-0.3, -0.25) is 0 Å². The molecule has 0 saturated carbocycles. The summed E-state index contributed by atoms with van der Waals surface area (Å²) < 4.78 is 4.71. The average Bonchev–Trinajstić information content (AvgIpc) is 2.35. The van der Waals surface area contributed by atoms with Crippen LogP contribution in [-0.2, 0) is 4.74 Å². The molecule has 0 bridgehead atoms. The van der Waals surface area contributed by atoms with Crippen molar-refractivity contribution >= 4 is 5.97 Å². The first kappa shape index (κ1) is 12.6. The Hall–Kier alpha value is -1.45. The number of carbonyl (C=O) groups excluding carboxylic acids is 1. The lowest BCUT2D eigenvalue weighted by Gasteiger charge is -2.15. The van der Waals surface area contributed by atoms with Gasteiger partial charge in [0.15, 0.2) is 5.69 Å². The highest BCUT2D eigenvalue weighted by Gasteiger charge is 2.19. The molecular weight excluding hydrogens is 204 g/mol. The molecule has 1 rings (SSSR count). The van der Waals surface area contributed by atoms with E-state index >= 15 is 0 Å². The smallest absolute Gasteiger partial charge is 0.358 e. The van der Waals surface area contributed by atoms with E-state index < -0.39 is 5.97 Å². The van der Waals surface area contributed by atoms with Crippen molar-refractivity contribution in [3.8, 4) is 0 Å². The van der Waals surface area contributed by atoms with Gasteiger partial charge in [-0.25, -0.2) is 4.79 Å². The molecule has 0 radical (unpaired) electrons. The highest BCUT2D eigenvalue weighted by Crippen LogP contribution is 2.26. The zero-order chi connectivity index (χ0) is 12.0. The summed E-state index contributed by atoms with van der Waals surface area (Å²) in [4.78, 5) is 11.5. The quantitative estimate of drug-likeness (QED) is 0.718. The number of nitrogens with zero attached hydrogens (tertiary/aromatic N) is 2. The molecule has 88 valence electrons. The minimum atomic E-state index is -0.405. The number of esters is 1. The summed E-state index contributed by atoms with van der Waals surface area (Å²) in [5, 5.41) is 7.62. The van der Waals surface area contributed by atoms with E-state index in [4.69, 9.17) is 4.74 Å². The molecule has 16 heavy (non-hydrogen) atoms. The van der Waals surface area contributed by atoms with Gasteiger partial charge in [-0.1, -0.05) is 20.3 Å². The Morgan fingerprint density at radius 2 is 2.25 bits per heavy atom. The first-order chi connectivity index (χ1) is 7.74. The van der Waals surface area contributed by atoms with Crippen molar-refractivity contribution in [2.24, 2.45) is 0 Å². The van der Waals surface area contributed by atoms with E-state index in [2.05, 4.69) is 24.0 Å². The number of aromatic nitrogens is 2. The summed E-state index contributed by atoms with van der Waals surface area (Å²) in [5.41, 5.74) is 1.30. The van der Waals surface area contributed by atoms with Crippen LogP contribution in [0.4, 0.5) is 0 Å². The van der Waals surface area contributed by atoms with E-state index in [9.17, 15) is 4.79 Å². The zero-order valence-corrected chi connectivity index (χ0v) is 10.1. The minimum Gasteiger partial charge on any atom is -0.464 e. The summed E-state index contributed by atoms with van der Waals surface area (Å²) in [5.74, 6) is -0.0488. The van der Waals surface area contributed by atoms with Crippen LogP contribution in [0.2, 0.25) is 0 Å². The normalized spacial score (nSPS) is 12.2. The topological polar surface area (TPSA) is 52.1 Å². The molecule has 1 aromatic rings. The van der Waals surface area contributed by atoms with Gasteiger partial charge in [-0.2, -0.15) is 5.10 Å². The molecule has 0 amide bonds. The van der Waals surface area contributed by atoms with Crippen molar-refractivity contribution in [2.45, 2.75) is 39.0 Å². The van der Waals surface area contributed by atoms with Crippen LogP contribution in [0, 0.1) is 0 Å². The fraction of sp³-hybridized carbons (Fsp3) is 0.583. The molecule has 0 aromatic carbocycles. The molecule has 1 aromatic heterocycles. The molecule has 0 saturated heterocycles. The zero-order valence-electron chi connectivity index (χ0n) is 10.1. The highest BCUT2D eigenvalue weighted by atomic mass is 16.5. The Morgan fingerprint density at radius 3 is 2.81 bits per heavy atom. The first-order valence-corrected chi connectivity index (χ1v) is 5.64. The van der Waals surface area contributed by atoms with Gasteiger partial charge in [-0.05, 0) is 30.4 Å². The molecule has 0 fully saturated rings. The maximum atomic E-state index is 11.5. The summed E-state index contributed by atoms with van der Waals surface area (Å²) in [7, 11) is 1.36. The van der Waals surface area contributed by atoms with Gasteiger partial charge in [0, 0.05) is 6.20 Å². The summed E-state index contributed by atoms with van der Waals surface area (Å²) in [6, 6.07) is 1.86. The first-order valence-electron chi connectivity index (χ1n) is 5.64. The monoisotopic (exact) mass is 222 g/mol. The Bertz CT molecular complexity index is 353. The van der Waals surface area contributed by atoms with Crippen molar-refractivity contribution in [1.29, 1.82) is 0 Å². The van der Waals surface area contributed by atoms with Crippen molar-refractivity contribution in [2.75, 3.05) is 7.11 Å². The third-order valence-corrected chi connectivity index (χ3v) is 2.70. The SMILES string of the molecule is CCCC(CC)c1ccnnc1C(=O)OC. The Labute approximate surface area is 96.0 Å². The molecule has 0 aliphatic rings. The van der Waals surface area contributed by atoms with E-state index in [1.54, 1.807) is 6.20 Å². The number of hydrogen-bond donors (Lipinski definition) is 0. The van der Waals surface area contributed by atoms with Gasteiger partial charge in [0.25, 0.3) is 0 Å². The van der Waals surface area contributed by atoms with Crippen molar-refractivity contribution in [3.63, 3.8) is 0 Å². The lowest BCUT2D eigenvalue weighted by atomic mass is 9.91. The minimum absolute atomic E-state index is 0.352. The fourth-order valence-corrected chi connectivity index (χ4v) is 1.85. The second-order valence-corrected chi connectivity index (χ2v) is 3.72. The summed E-state index contributed by atoms with van der Waals surface area (Å²) >= 11 is 0. The largest absolute Gasteiger partial charge is 0.464 e. The standard InChI is InChI=1S/C12H18N2O2/c1-4-6-9(5-2)10-7-8-13-14-11(10)12(15)16-3/h7-9H,4-6H2,1-3H3. The number of rotatable bonds is 5. The molecule has 4 heteroatoms. The van der Waals surface area contributed by atoms with Gasteiger partial charge in [0.05, 0.1) is 7.11 Å².